The maximum absolute atomic E-state index is 6.69. The quantitative estimate of drug-likeness (QED) is 0.168. The van der Waals surface area contributed by atoms with E-state index in [-0.39, 0.29) is 0 Å². The molecular weight excluding hydrogens is 789 g/mol. The van der Waals surface area contributed by atoms with E-state index in [4.69, 9.17) is 19.4 Å². The molecule has 0 aliphatic carbocycles. The molecule has 0 fully saturated rings. The van der Waals surface area contributed by atoms with Crippen LogP contribution < -0.4 is 0 Å². The minimum atomic E-state index is 0.639. The van der Waals surface area contributed by atoms with Crippen molar-refractivity contribution >= 4 is 75.3 Å². The van der Waals surface area contributed by atoms with Crippen molar-refractivity contribution in [3.8, 4) is 62.1 Å². The Kier molecular flexibility index (Phi) is 8.01. The Balaban J connectivity index is 0.941. The van der Waals surface area contributed by atoms with Gasteiger partial charge in [-0.25, -0.2) is 15.0 Å². The maximum atomic E-state index is 6.69. The van der Waals surface area contributed by atoms with Crippen molar-refractivity contribution in [1.82, 2.24) is 19.5 Å². The lowest BCUT2D eigenvalue weighted by molar-refractivity contribution is 0.673. The first-order valence-corrected chi connectivity index (χ1v) is 21.9. The van der Waals surface area contributed by atoms with E-state index in [1.807, 2.05) is 78.1 Å². The lowest BCUT2D eigenvalue weighted by atomic mass is 9.97. The summed E-state index contributed by atoms with van der Waals surface area (Å²) < 4.78 is 11.6. The number of hydrogen-bond donors (Lipinski definition) is 0. The van der Waals surface area contributed by atoms with Gasteiger partial charge in [0.05, 0.1) is 11.0 Å². The molecule has 13 rings (SSSR count). The van der Waals surface area contributed by atoms with Crippen LogP contribution in [0, 0.1) is 0 Å². The molecule has 0 saturated heterocycles. The van der Waals surface area contributed by atoms with Crippen molar-refractivity contribution in [2.75, 3.05) is 0 Å². The first kappa shape index (κ1) is 35.6. The molecule has 63 heavy (non-hydrogen) atoms. The normalized spacial score (nSPS) is 11.8. The molecule has 0 N–H and O–H groups in total. The van der Waals surface area contributed by atoms with Crippen molar-refractivity contribution < 1.29 is 4.42 Å². The Hall–Kier alpha value is -8.19. The molecule has 4 aromatic heterocycles. The first-order chi connectivity index (χ1) is 31.2. The molecular formula is C57H34N4OS. The summed E-state index contributed by atoms with van der Waals surface area (Å²) in [6.45, 7) is 0. The number of para-hydroxylation sites is 3. The van der Waals surface area contributed by atoms with Crippen LogP contribution in [0.4, 0.5) is 0 Å². The third kappa shape index (κ3) is 5.80. The van der Waals surface area contributed by atoms with Gasteiger partial charge in [-0.1, -0.05) is 164 Å². The highest BCUT2D eigenvalue weighted by atomic mass is 32.1. The third-order valence-electron chi connectivity index (χ3n) is 12.3. The van der Waals surface area contributed by atoms with E-state index in [2.05, 4.69) is 144 Å². The Labute approximate surface area is 365 Å². The monoisotopic (exact) mass is 822 g/mol. The Morgan fingerprint density at radius 2 is 0.873 bits per heavy atom. The van der Waals surface area contributed by atoms with Gasteiger partial charge in [-0.3, -0.25) is 0 Å². The van der Waals surface area contributed by atoms with Gasteiger partial charge in [0.15, 0.2) is 17.5 Å². The number of hydrogen-bond acceptors (Lipinski definition) is 5. The summed E-state index contributed by atoms with van der Waals surface area (Å²) in [7, 11) is 0. The number of benzene rings is 9. The van der Waals surface area contributed by atoms with E-state index >= 15 is 0 Å². The van der Waals surface area contributed by atoms with Crippen LogP contribution in [0.5, 0.6) is 0 Å². The van der Waals surface area contributed by atoms with E-state index in [1.165, 1.54) is 42.2 Å². The van der Waals surface area contributed by atoms with Gasteiger partial charge in [-0.2, -0.15) is 0 Å². The van der Waals surface area contributed by atoms with Gasteiger partial charge in [0.25, 0.3) is 0 Å². The van der Waals surface area contributed by atoms with Crippen LogP contribution in [0.3, 0.4) is 0 Å². The first-order valence-electron chi connectivity index (χ1n) is 21.1. The fourth-order valence-corrected chi connectivity index (χ4v) is 10.5. The number of nitrogens with zero attached hydrogens (tertiary/aromatic N) is 4. The fourth-order valence-electron chi connectivity index (χ4n) is 9.27. The summed E-state index contributed by atoms with van der Waals surface area (Å²) >= 11 is 1.83. The van der Waals surface area contributed by atoms with Gasteiger partial charge < -0.3 is 8.98 Å². The molecule has 4 heterocycles. The van der Waals surface area contributed by atoms with Crippen LogP contribution >= 0.6 is 11.3 Å². The molecule has 9 aromatic carbocycles. The molecule has 13 aromatic rings. The average Bonchev–Trinajstić information content (AvgIpc) is 4.04. The van der Waals surface area contributed by atoms with Crippen LogP contribution in [0.15, 0.2) is 211 Å². The number of thiophene rings is 1. The second-order valence-electron chi connectivity index (χ2n) is 15.9. The molecule has 0 bridgehead atoms. The molecule has 0 aliphatic heterocycles. The molecule has 0 aliphatic rings. The van der Waals surface area contributed by atoms with E-state index < -0.39 is 0 Å². The smallest absolute Gasteiger partial charge is 0.164 e. The predicted molar refractivity (Wildman–Crippen MR) is 262 cm³/mol. The molecule has 6 heteroatoms. The number of fused-ring (bicyclic) bond motifs is 10. The van der Waals surface area contributed by atoms with Crippen molar-refractivity contribution in [3.05, 3.63) is 206 Å². The highest BCUT2D eigenvalue weighted by Gasteiger charge is 2.21. The number of aromatic nitrogens is 4. The van der Waals surface area contributed by atoms with Gasteiger partial charge >= 0.3 is 0 Å². The summed E-state index contributed by atoms with van der Waals surface area (Å²) in [4.78, 5) is 14.8. The molecule has 0 saturated carbocycles. The van der Waals surface area contributed by atoms with Gasteiger partial charge in [0.2, 0.25) is 0 Å². The zero-order valence-electron chi connectivity index (χ0n) is 33.7. The van der Waals surface area contributed by atoms with E-state index in [0.717, 1.165) is 66.4 Å². The van der Waals surface area contributed by atoms with Crippen molar-refractivity contribution in [2.45, 2.75) is 0 Å². The second-order valence-corrected chi connectivity index (χ2v) is 17.0. The zero-order valence-corrected chi connectivity index (χ0v) is 34.6. The maximum Gasteiger partial charge on any atom is 0.164 e. The Bertz CT molecular complexity index is 3780. The van der Waals surface area contributed by atoms with Gasteiger partial charge in [-0.05, 0) is 59.2 Å². The minimum Gasteiger partial charge on any atom is -0.455 e. The fraction of sp³-hybridized carbons (Fsp3) is 0. The molecule has 0 radical (unpaired) electrons. The van der Waals surface area contributed by atoms with E-state index in [0.29, 0.717) is 17.5 Å². The van der Waals surface area contributed by atoms with E-state index in [9.17, 15) is 0 Å². The molecule has 294 valence electrons. The highest BCUT2D eigenvalue weighted by Crippen LogP contribution is 2.47. The number of furan rings is 1. The van der Waals surface area contributed by atoms with Crippen LogP contribution in [0.25, 0.3) is 126 Å². The lowest BCUT2D eigenvalue weighted by Gasteiger charge is -2.13. The van der Waals surface area contributed by atoms with Crippen molar-refractivity contribution in [2.24, 2.45) is 0 Å². The Morgan fingerprint density at radius 3 is 1.48 bits per heavy atom. The highest BCUT2D eigenvalue weighted by molar-refractivity contribution is 7.26. The standard InChI is InChI=1S/C57H34N4OS/c1-3-13-38(14-4-1)55-58-56(39-15-5-2-6-16-39)60-57(59-55)40-29-25-36(26-30-40)35-23-27-37(28-24-35)46-33-41(61-48-20-10-7-17-42(48)43-18-8-11-21-49(43)61)34-47-52-51(63-54(46)47)32-31-45-44-19-9-12-22-50(44)62-53(45)52/h1-34H. The minimum absolute atomic E-state index is 0.639. The molecule has 0 unspecified atom stereocenters. The lowest BCUT2D eigenvalue weighted by Crippen LogP contribution is -2.00. The number of rotatable bonds is 6. The largest absolute Gasteiger partial charge is 0.455 e. The summed E-state index contributed by atoms with van der Waals surface area (Å²) in [6, 6.07) is 72.7. The predicted octanol–water partition coefficient (Wildman–Crippen LogP) is 15.6. The molecule has 0 atom stereocenters. The summed E-state index contributed by atoms with van der Waals surface area (Å²) in [5.41, 5.74) is 12.7. The van der Waals surface area contributed by atoms with Crippen LogP contribution in [-0.4, -0.2) is 19.5 Å². The topological polar surface area (TPSA) is 56.7 Å². The van der Waals surface area contributed by atoms with Crippen molar-refractivity contribution in [1.29, 1.82) is 0 Å². The van der Waals surface area contributed by atoms with Gasteiger partial charge in [0, 0.05) is 69.7 Å². The summed E-state index contributed by atoms with van der Waals surface area (Å²) in [5, 5.41) is 7.11. The molecule has 5 nitrogen and oxygen atoms in total. The van der Waals surface area contributed by atoms with Crippen molar-refractivity contribution in [3.63, 3.8) is 0 Å². The SMILES string of the molecule is c1ccc(-c2nc(-c3ccccc3)nc(-c3ccc(-c4ccc(-c5cc(-n6c7ccccc7c7ccccc76)cc6c5sc5ccc7c8ccccc8oc7c56)cc4)cc3)n2)cc1. The summed E-state index contributed by atoms with van der Waals surface area (Å²) in [6.07, 6.45) is 0. The Morgan fingerprint density at radius 1 is 0.381 bits per heavy atom. The van der Waals surface area contributed by atoms with Crippen LogP contribution in [0.2, 0.25) is 0 Å². The van der Waals surface area contributed by atoms with E-state index in [1.54, 1.807) is 0 Å². The van der Waals surface area contributed by atoms with Gasteiger partial charge in [-0.15, -0.1) is 11.3 Å². The third-order valence-corrected chi connectivity index (χ3v) is 13.5. The summed E-state index contributed by atoms with van der Waals surface area (Å²) in [5.74, 6) is 1.94. The molecule has 0 spiro atoms. The average molecular weight is 823 g/mol. The second kappa shape index (κ2) is 14.2. The van der Waals surface area contributed by atoms with Gasteiger partial charge in [0.1, 0.15) is 11.2 Å². The van der Waals surface area contributed by atoms with Crippen LogP contribution in [0.1, 0.15) is 0 Å². The molecule has 0 amide bonds. The zero-order chi connectivity index (χ0) is 41.4. The van der Waals surface area contributed by atoms with Crippen LogP contribution in [-0.2, 0) is 0 Å².